The second kappa shape index (κ2) is 8.10. The molecule has 0 saturated heterocycles. The van der Waals surface area contributed by atoms with Gasteiger partial charge in [0.15, 0.2) is 11.5 Å². The molecule has 0 radical (unpaired) electrons. The van der Waals surface area contributed by atoms with E-state index in [4.69, 9.17) is 14.2 Å². The summed E-state index contributed by atoms with van der Waals surface area (Å²) in [5.41, 5.74) is 1.62. The molecular weight excluding hydrogens is 308 g/mol. The van der Waals surface area contributed by atoms with Crippen LogP contribution in [0.2, 0.25) is 0 Å². The highest BCUT2D eigenvalue weighted by molar-refractivity contribution is 5.90. The Morgan fingerprint density at radius 1 is 1.00 bits per heavy atom. The van der Waals surface area contributed by atoms with Crippen LogP contribution in [-0.4, -0.2) is 39.3 Å². The van der Waals surface area contributed by atoms with Gasteiger partial charge in [0.25, 0.3) is 0 Å². The van der Waals surface area contributed by atoms with Gasteiger partial charge in [0.05, 0.1) is 27.0 Å². The summed E-state index contributed by atoms with van der Waals surface area (Å²) >= 11 is 0. The second-order valence-electron chi connectivity index (χ2n) is 5.19. The lowest BCUT2D eigenvalue weighted by Crippen LogP contribution is -2.30. The Kier molecular flexibility index (Phi) is 5.89. The van der Waals surface area contributed by atoms with Gasteiger partial charge in [-0.3, -0.25) is 0 Å². The zero-order valence-corrected chi connectivity index (χ0v) is 14.3. The summed E-state index contributed by atoms with van der Waals surface area (Å²) in [5, 5.41) is 2.83. The van der Waals surface area contributed by atoms with Gasteiger partial charge in [-0.1, -0.05) is 30.3 Å². The van der Waals surface area contributed by atoms with Crippen molar-refractivity contribution in [3.8, 4) is 17.2 Å². The van der Waals surface area contributed by atoms with Gasteiger partial charge >= 0.3 is 6.03 Å². The first-order valence-electron chi connectivity index (χ1n) is 7.45. The molecule has 0 saturated carbocycles. The SMILES string of the molecule is COc1cc(NC(=O)N(C)Cc2ccccc2)cc(OC)c1OC. The monoisotopic (exact) mass is 330 g/mol. The maximum atomic E-state index is 12.4. The van der Waals surface area contributed by atoms with E-state index < -0.39 is 0 Å². The molecule has 24 heavy (non-hydrogen) atoms. The first kappa shape index (κ1) is 17.5. The number of benzene rings is 2. The van der Waals surface area contributed by atoms with Crippen LogP contribution in [0.5, 0.6) is 17.2 Å². The Balaban J connectivity index is 2.13. The molecule has 2 amide bonds. The minimum absolute atomic E-state index is 0.229. The van der Waals surface area contributed by atoms with Crippen molar-refractivity contribution in [3.63, 3.8) is 0 Å². The lowest BCUT2D eigenvalue weighted by molar-refractivity contribution is 0.220. The third-order valence-electron chi connectivity index (χ3n) is 3.53. The van der Waals surface area contributed by atoms with E-state index in [0.29, 0.717) is 29.5 Å². The smallest absolute Gasteiger partial charge is 0.321 e. The predicted molar refractivity (Wildman–Crippen MR) is 93.0 cm³/mol. The lowest BCUT2D eigenvalue weighted by atomic mass is 10.2. The Morgan fingerprint density at radius 3 is 2.08 bits per heavy atom. The molecule has 2 rings (SSSR count). The molecule has 0 aromatic heterocycles. The van der Waals surface area contributed by atoms with Crippen LogP contribution >= 0.6 is 0 Å². The molecule has 128 valence electrons. The van der Waals surface area contributed by atoms with Crippen LogP contribution in [0.25, 0.3) is 0 Å². The molecule has 2 aromatic rings. The van der Waals surface area contributed by atoms with Gasteiger partial charge < -0.3 is 24.4 Å². The Labute approximate surface area is 141 Å². The number of ether oxygens (including phenoxy) is 3. The third kappa shape index (κ3) is 4.10. The fraction of sp³-hybridized carbons (Fsp3) is 0.278. The van der Waals surface area contributed by atoms with Gasteiger partial charge in [-0.2, -0.15) is 0 Å². The quantitative estimate of drug-likeness (QED) is 0.882. The van der Waals surface area contributed by atoms with Crippen molar-refractivity contribution in [1.82, 2.24) is 4.90 Å². The van der Waals surface area contributed by atoms with E-state index in [0.717, 1.165) is 5.56 Å². The zero-order chi connectivity index (χ0) is 17.5. The highest BCUT2D eigenvalue weighted by Gasteiger charge is 2.16. The van der Waals surface area contributed by atoms with Gasteiger partial charge in [0.2, 0.25) is 5.75 Å². The number of anilines is 1. The van der Waals surface area contributed by atoms with E-state index in [9.17, 15) is 4.79 Å². The molecule has 0 atom stereocenters. The van der Waals surface area contributed by atoms with Crippen LogP contribution in [0.15, 0.2) is 42.5 Å². The standard InChI is InChI=1S/C18H22N2O4/c1-20(12-13-8-6-5-7-9-13)18(21)19-14-10-15(22-2)17(24-4)16(11-14)23-3/h5-11H,12H2,1-4H3,(H,19,21). The number of methoxy groups -OCH3 is 3. The lowest BCUT2D eigenvalue weighted by Gasteiger charge is -2.19. The number of urea groups is 1. The highest BCUT2D eigenvalue weighted by Crippen LogP contribution is 2.39. The molecule has 2 aromatic carbocycles. The molecule has 0 aliphatic rings. The van der Waals surface area contributed by atoms with E-state index in [2.05, 4.69) is 5.32 Å². The third-order valence-corrected chi connectivity index (χ3v) is 3.53. The van der Waals surface area contributed by atoms with Crippen molar-refractivity contribution in [2.75, 3.05) is 33.7 Å². The number of amides is 2. The number of hydrogen-bond acceptors (Lipinski definition) is 4. The molecule has 0 bridgehead atoms. The van der Waals surface area contributed by atoms with Crippen LogP contribution in [0.3, 0.4) is 0 Å². The first-order valence-corrected chi connectivity index (χ1v) is 7.45. The van der Waals surface area contributed by atoms with Crippen LogP contribution in [-0.2, 0) is 6.54 Å². The van der Waals surface area contributed by atoms with Crippen LogP contribution in [0.4, 0.5) is 10.5 Å². The van der Waals surface area contributed by atoms with Gasteiger partial charge in [0.1, 0.15) is 0 Å². The van der Waals surface area contributed by atoms with Crippen LogP contribution < -0.4 is 19.5 Å². The highest BCUT2D eigenvalue weighted by atomic mass is 16.5. The number of carbonyl (C=O) groups is 1. The maximum absolute atomic E-state index is 12.4. The minimum atomic E-state index is -0.229. The van der Waals surface area contributed by atoms with Gasteiger partial charge in [-0.15, -0.1) is 0 Å². The van der Waals surface area contributed by atoms with E-state index in [1.54, 1.807) is 24.1 Å². The number of nitrogens with zero attached hydrogens (tertiary/aromatic N) is 1. The average molecular weight is 330 g/mol. The summed E-state index contributed by atoms with van der Waals surface area (Å²) in [6.07, 6.45) is 0. The van der Waals surface area contributed by atoms with Crippen LogP contribution in [0, 0.1) is 0 Å². The molecule has 0 aliphatic heterocycles. The number of hydrogen-bond donors (Lipinski definition) is 1. The topological polar surface area (TPSA) is 60.0 Å². The van der Waals surface area contributed by atoms with Crippen molar-refractivity contribution in [2.45, 2.75) is 6.54 Å². The predicted octanol–water partition coefficient (Wildman–Crippen LogP) is 3.38. The second-order valence-corrected chi connectivity index (χ2v) is 5.19. The normalized spacial score (nSPS) is 10.0. The van der Waals surface area contributed by atoms with Crippen molar-refractivity contribution in [3.05, 3.63) is 48.0 Å². The molecule has 1 N–H and O–H groups in total. The number of rotatable bonds is 6. The summed E-state index contributed by atoms with van der Waals surface area (Å²) < 4.78 is 15.8. The first-order chi connectivity index (χ1) is 11.6. The number of carbonyl (C=O) groups excluding carboxylic acids is 1. The Morgan fingerprint density at radius 2 is 1.58 bits per heavy atom. The van der Waals surface area contributed by atoms with E-state index >= 15 is 0 Å². The number of nitrogens with one attached hydrogen (secondary N) is 1. The fourth-order valence-electron chi connectivity index (χ4n) is 2.30. The Bertz CT molecular complexity index is 664. The molecular formula is C18H22N2O4. The van der Waals surface area contributed by atoms with Gasteiger partial charge in [-0.25, -0.2) is 4.79 Å². The van der Waals surface area contributed by atoms with E-state index in [1.807, 2.05) is 30.3 Å². The summed E-state index contributed by atoms with van der Waals surface area (Å²) in [4.78, 5) is 14.0. The summed E-state index contributed by atoms with van der Waals surface area (Å²) in [7, 11) is 6.33. The summed E-state index contributed by atoms with van der Waals surface area (Å²) in [6, 6.07) is 12.9. The molecule has 0 aliphatic carbocycles. The minimum Gasteiger partial charge on any atom is -0.493 e. The molecule has 6 nitrogen and oxygen atoms in total. The largest absolute Gasteiger partial charge is 0.493 e. The molecule has 0 unspecified atom stereocenters. The van der Waals surface area contributed by atoms with Crippen molar-refractivity contribution in [2.24, 2.45) is 0 Å². The van der Waals surface area contributed by atoms with Crippen molar-refractivity contribution >= 4 is 11.7 Å². The van der Waals surface area contributed by atoms with Crippen molar-refractivity contribution < 1.29 is 19.0 Å². The Hall–Kier alpha value is -2.89. The van der Waals surface area contributed by atoms with E-state index in [-0.39, 0.29) is 6.03 Å². The summed E-state index contributed by atoms with van der Waals surface area (Å²) in [5.74, 6) is 1.45. The molecule has 0 spiro atoms. The van der Waals surface area contributed by atoms with Gasteiger partial charge in [0, 0.05) is 25.7 Å². The molecule has 0 fully saturated rings. The average Bonchev–Trinajstić information content (AvgIpc) is 2.61. The van der Waals surface area contributed by atoms with E-state index in [1.165, 1.54) is 21.3 Å². The molecule has 0 heterocycles. The van der Waals surface area contributed by atoms with Crippen LogP contribution in [0.1, 0.15) is 5.56 Å². The van der Waals surface area contributed by atoms with Crippen molar-refractivity contribution in [1.29, 1.82) is 0 Å². The molecule has 6 heteroatoms. The summed E-state index contributed by atoms with van der Waals surface area (Å²) in [6.45, 7) is 0.511. The van der Waals surface area contributed by atoms with Gasteiger partial charge in [-0.05, 0) is 5.56 Å². The zero-order valence-electron chi connectivity index (χ0n) is 14.3. The fourth-order valence-corrected chi connectivity index (χ4v) is 2.30. The maximum Gasteiger partial charge on any atom is 0.321 e.